The molecule has 0 aliphatic rings. The van der Waals surface area contributed by atoms with Crippen LogP contribution in [0.25, 0.3) is 0 Å². The van der Waals surface area contributed by atoms with Crippen molar-refractivity contribution in [3.63, 3.8) is 0 Å². The molecule has 2 rings (SSSR count). The summed E-state index contributed by atoms with van der Waals surface area (Å²) < 4.78 is 1.06. The molecule has 0 radical (unpaired) electrons. The lowest BCUT2D eigenvalue weighted by molar-refractivity contribution is 1.28. The van der Waals surface area contributed by atoms with E-state index in [4.69, 9.17) is 11.5 Å². The fourth-order valence-corrected chi connectivity index (χ4v) is 2.48. The Morgan fingerprint density at radius 2 is 1.72 bits per heavy atom. The zero-order chi connectivity index (χ0) is 13.3. The van der Waals surface area contributed by atoms with E-state index in [0.29, 0.717) is 17.3 Å². The van der Waals surface area contributed by atoms with E-state index in [9.17, 15) is 0 Å². The Morgan fingerprint density at radius 1 is 1.11 bits per heavy atom. The van der Waals surface area contributed by atoms with Crippen LogP contribution >= 0.6 is 15.9 Å². The second-order valence-electron chi connectivity index (χ2n) is 4.21. The zero-order valence-electron chi connectivity index (χ0n) is 10.3. The van der Waals surface area contributed by atoms with Gasteiger partial charge in [0.05, 0.1) is 5.69 Å². The smallest absolute Gasteiger partial charge is 0.149 e. The number of rotatable bonds is 2. The van der Waals surface area contributed by atoms with Crippen molar-refractivity contribution in [3.8, 4) is 0 Å². The summed E-state index contributed by atoms with van der Waals surface area (Å²) in [6, 6.07) is 7.66. The van der Waals surface area contributed by atoms with Crippen LogP contribution < -0.4 is 16.8 Å². The fourth-order valence-electron chi connectivity index (χ4n) is 1.79. The summed E-state index contributed by atoms with van der Waals surface area (Å²) in [5.74, 6) is 1.03. The van der Waals surface area contributed by atoms with Crippen LogP contribution in [0.5, 0.6) is 0 Å². The summed E-state index contributed by atoms with van der Waals surface area (Å²) in [7, 11) is 0. The Morgan fingerprint density at radius 3 is 2.28 bits per heavy atom. The molecule has 0 atom stereocenters. The first-order chi connectivity index (χ1) is 8.47. The molecule has 94 valence electrons. The lowest BCUT2D eigenvalue weighted by Gasteiger charge is -2.13. The molecule has 0 aliphatic carbocycles. The highest BCUT2D eigenvalue weighted by atomic mass is 79.9. The van der Waals surface area contributed by atoms with Crippen LogP contribution in [-0.4, -0.2) is 4.98 Å². The molecule has 18 heavy (non-hydrogen) atoms. The van der Waals surface area contributed by atoms with Gasteiger partial charge < -0.3 is 16.8 Å². The van der Waals surface area contributed by atoms with E-state index in [1.165, 1.54) is 0 Å². The van der Waals surface area contributed by atoms with E-state index in [0.717, 1.165) is 21.3 Å². The van der Waals surface area contributed by atoms with Gasteiger partial charge in [-0.1, -0.05) is 15.9 Å². The molecule has 1 aromatic carbocycles. The second kappa shape index (κ2) is 4.86. The molecule has 0 aliphatic heterocycles. The molecule has 2 aromatic rings. The minimum Gasteiger partial charge on any atom is -0.396 e. The molecular weight excluding hydrogens is 292 g/mol. The molecule has 0 unspecified atom stereocenters. The molecular formula is C13H15BrN4. The van der Waals surface area contributed by atoms with Gasteiger partial charge in [-0.05, 0) is 49.2 Å². The highest BCUT2D eigenvalue weighted by Gasteiger charge is 2.06. The van der Waals surface area contributed by atoms with Crippen molar-refractivity contribution in [1.29, 1.82) is 0 Å². The molecule has 0 saturated heterocycles. The lowest BCUT2D eigenvalue weighted by Crippen LogP contribution is -2.02. The van der Waals surface area contributed by atoms with E-state index in [1.54, 1.807) is 6.07 Å². The van der Waals surface area contributed by atoms with Crippen molar-refractivity contribution in [1.82, 2.24) is 4.98 Å². The monoisotopic (exact) mass is 306 g/mol. The van der Waals surface area contributed by atoms with E-state index in [2.05, 4.69) is 38.4 Å². The standard InChI is InChI=1S/C13H15BrN4/c1-7-5-9(14)6-8(2)12(7)17-11-4-3-10(15)13(16)18-11/h3-6H,15H2,1-2H3,(H3,16,17,18). The minimum atomic E-state index is 0.340. The quantitative estimate of drug-likeness (QED) is 0.795. The number of nitrogen functional groups attached to an aromatic ring is 2. The third-order valence-corrected chi connectivity index (χ3v) is 3.17. The van der Waals surface area contributed by atoms with E-state index in [-0.39, 0.29) is 0 Å². The summed E-state index contributed by atoms with van der Waals surface area (Å²) in [6.45, 7) is 4.08. The maximum atomic E-state index is 5.69. The average molecular weight is 307 g/mol. The summed E-state index contributed by atoms with van der Waals surface area (Å²) in [4.78, 5) is 4.20. The first-order valence-electron chi connectivity index (χ1n) is 5.53. The summed E-state index contributed by atoms with van der Waals surface area (Å²) in [5.41, 5.74) is 15.1. The summed E-state index contributed by atoms with van der Waals surface area (Å²) in [5, 5.41) is 3.27. The minimum absolute atomic E-state index is 0.340. The van der Waals surface area contributed by atoms with E-state index >= 15 is 0 Å². The van der Waals surface area contributed by atoms with Crippen LogP contribution in [0.2, 0.25) is 0 Å². The van der Waals surface area contributed by atoms with Crippen molar-refractivity contribution < 1.29 is 0 Å². The van der Waals surface area contributed by atoms with Gasteiger partial charge in [-0.15, -0.1) is 0 Å². The number of halogens is 1. The molecule has 0 bridgehead atoms. The molecule has 1 heterocycles. The Labute approximate surface area is 115 Å². The Kier molecular flexibility index (Phi) is 3.43. The van der Waals surface area contributed by atoms with Crippen LogP contribution in [-0.2, 0) is 0 Å². The number of aryl methyl sites for hydroxylation is 2. The first-order valence-corrected chi connectivity index (χ1v) is 6.32. The number of benzene rings is 1. The third-order valence-electron chi connectivity index (χ3n) is 2.71. The van der Waals surface area contributed by atoms with Gasteiger partial charge in [0.2, 0.25) is 0 Å². The van der Waals surface area contributed by atoms with Crippen LogP contribution in [0.4, 0.5) is 23.0 Å². The lowest BCUT2D eigenvalue weighted by atomic mass is 10.1. The molecule has 4 nitrogen and oxygen atoms in total. The number of nitrogens with zero attached hydrogens (tertiary/aromatic N) is 1. The van der Waals surface area contributed by atoms with Gasteiger partial charge in [0, 0.05) is 10.2 Å². The number of anilines is 4. The summed E-state index contributed by atoms with van der Waals surface area (Å²) >= 11 is 3.47. The van der Waals surface area contributed by atoms with Gasteiger partial charge in [-0.2, -0.15) is 0 Å². The molecule has 0 saturated carbocycles. The van der Waals surface area contributed by atoms with Crippen LogP contribution in [0.15, 0.2) is 28.7 Å². The van der Waals surface area contributed by atoms with Gasteiger partial charge in [0.1, 0.15) is 11.6 Å². The number of aromatic nitrogens is 1. The van der Waals surface area contributed by atoms with Crippen molar-refractivity contribution in [3.05, 3.63) is 39.9 Å². The number of nitrogens with two attached hydrogens (primary N) is 2. The van der Waals surface area contributed by atoms with Crippen molar-refractivity contribution in [2.45, 2.75) is 13.8 Å². The maximum Gasteiger partial charge on any atom is 0.149 e. The van der Waals surface area contributed by atoms with Crippen molar-refractivity contribution in [2.75, 3.05) is 16.8 Å². The third kappa shape index (κ3) is 2.56. The van der Waals surface area contributed by atoms with Crippen LogP contribution in [0, 0.1) is 13.8 Å². The molecule has 0 amide bonds. The maximum absolute atomic E-state index is 5.69. The van der Waals surface area contributed by atoms with Gasteiger partial charge in [-0.25, -0.2) is 4.98 Å². The number of nitrogens with one attached hydrogen (secondary N) is 1. The van der Waals surface area contributed by atoms with Crippen molar-refractivity contribution >= 4 is 38.9 Å². The molecule has 5 N–H and O–H groups in total. The number of pyridine rings is 1. The largest absolute Gasteiger partial charge is 0.396 e. The Hall–Kier alpha value is -1.75. The SMILES string of the molecule is Cc1cc(Br)cc(C)c1Nc1ccc(N)c(N)n1. The zero-order valence-corrected chi connectivity index (χ0v) is 11.9. The van der Waals surface area contributed by atoms with Crippen LogP contribution in [0.1, 0.15) is 11.1 Å². The summed E-state index contributed by atoms with van der Waals surface area (Å²) in [6.07, 6.45) is 0. The predicted molar refractivity (Wildman–Crippen MR) is 80.0 cm³/mol. The average Bonchev–Trinajstić information content (AvgIpc) is 2.28. The fraction of sp³-hybridized carbons (Fsp3) is 0.154. The van der Waals surface area contributed by atoms with Crippen molar-refractivity contribution in [2.24, 2.45) is 0 Å². The predicted octanol–water partition coefficient (Wildman–Crippen LogP) is 3.37. The normalized spacial score (nSPS) is 10.4. The van der Waals surface area contributed by atoms with Gasteiger partial charge in [0.25, 0.3) is 0 Å². The first kappa shape index (κ1) is 12.7. The van der Waals surface area contributed by atoms with Gasteiger partial charge in [0.15, 0.2) is 0 Å². The molecule has 0 fully saturated rings. The van der Waals surface area contributed by atoms with Gasteiger partial charge >= 0.3 is 0 Å². The number of hydrogen-bond donors (Lipinski definition) is 3. The second-order valence-corrected chi connectivity index (χ2v) is 5.13. The van der Waals surface area contributed by atoms with E-state index < -0.39 is 0 Å². The molecule has 0 spiro atoms. The Bertz CT molecular complexity index is 573. The van der Waals surface area contributed by atoms with E-state index in [1.807, 2.05) is 19.9 Å². The highest BCUT2D eigenvalue weighted by molar-refractivity contribution is 9.10. The molecule has 5 heteroatoms. The highest BCUT2D eigenvalue weighted by Crippen LogP contribution is 2.28. The van der Waals surface area contributed by atoms with Crippen LogP contribution in [0.3, 0.4) is 0 Å². The Balaban J connectivity index is 2.37. The topological polar surface area (TPSA) is 77.0 Å². The number of hydrogen-bond acceptors (Lipinski definition) is 4. The molecule has 1 aromatic heterocycles. The van der Waals surface area contributed by atoms with Gasteiger partial charge in [-0.3, -0.25) is 0 Å².